The number of carbonyl (C=O) groups is 1. The molecule has 18 heavy (non-hydrogen) atoms. The maximum atomic E-state index is 12.2. The highest BCUT2D eigenvalue weighted by molar-refractivity contribution is 5.75. The Labute approximate surface area is 109 Å². The third kappa shape index (κ3) is 2.35. The van der Waals surface area contributed by atoms with Crippen molar-refractivity contribution in [3.63, 3.8) is 0 Å². The van der Waals surface area contributed by atoms with Gasteiger partial charge in [0.25, 0.3) is 0 Å². The van der Waals surface area contributed by atoms with Gasteiger partial charge in [-0.25, -0.2) is 4.79 Å². The lowest BCUT2D eigenvalue weighted by atomic mass is 9.78. The van der Waals surface area contributed by atoms with Gasteiger partial charge in [-0.2, -0.15) is 0 Å². The van der Waals surface area contributed by atoms with Gasteiger partial charge in [-0.15, -0.1) is 0 Å². The molecule has 1 heterocycles. The van der Waals surface area contributed by atoms with Gasteiger partial charge < -0.3 is 16.0 Å². The van der Waals surface area contributed by atoms with Crippen molar-refractivity contribution < 1.29 is 4.79 Å². The summed E-state index contributed by atoms with van der Waals surface area (Å²) in [6.45, 7) is 1.81. The lowest BCUT2D eigenvalue weighted by Crippen LogP contribution is -2.43. The van der Waals surface area contributed by atoms with E-state index in [2.05, 4.69) is 5.32 Å². The predicted molar refractivity (Wildman–Crippen MR) is 71.2 cm³/mol. The summed E-state index contributed by atoms with van der Waals surface area (Å²) in [5.41, 5.74) is 6.19. The first kappa shape index (κ1) is 12.3. The van der Waals surface area contributed by atoms with E-state index in [4.69, 9.17) is 5.73 Å². The van der Waals surface area contributed by atoms with E-state index in [0.717, 1.165) is 32.4 Å². The molecular weight excluding hydrogens is 226 g/mol. The number of amides is 2. The van der Waals surface area contributed by atoms with Gasteiger partial charge in [0, 0.05) is 25.2 Å². The number of hydrogen-bond donors (Lipinski definition) is 2. The second-order valence-electron chi connectivity index (χ2n) is 6.35. The van der Waals surface area contributed by atoms with Crippen LogP contribution in [0.15, 0.2) is 0 Å². The fourth-order valence-electron chi connectivity index (χ4n) is 4.02. The second-order valence-corrected chi connectivity index (χ2v) is 6.35. The molecule has 0 aromatic carbocycles. The normalized spacial score (nSPS) is 36.7. The minimum Gasteiger partial charge on any atom is -0.335 e. The van der Waals surface area contributed by atoms with E-state index in [9.17, 15) is 4.79 Å². The summed E-state index contributed by atoms with van der Waals surface area (Å²) in [4.78, 5) is 14.2. The lowest BCUT2D eigenvalue weighted by Gasteiger charge is -2.29. The number of nitrogens with two attached hydrogens (primary N) is 1. The van der Waals surface area contributed by atoms with Crippen molar-refractivity contribution in [1.29, 1.82) is 0 Å². The van der Waals surface area contributed by atoms with E-state index in [0.29, 0.717) is 23.9 Å². The van der Waals surface area contributed by atoms with Gasteiger partial charge in [0.2, 0.25) is 0 Å². The predicted octanol–water partition coefficient (Wildman–Crippen LogP) is 1.70. The van der Waals surface area contributed by atoms with Gasteiger partial charge in [-0.3, -0.25) is 0 Å². The maximum Gasteiger partial charge on any atom is 0.317 e. The van der Waals surface area contributed by atoms with E-state index >= 15 is 0 Å². The van der Waals surface area contributed by atoms with E-state index in [1.807, 2.05) is 4.90 Å². The molecule has 0 aromatic rings. The van der Waals surface area contributed by atoms with Gasteiger partial charge in [-0.1, -0.05) is 19.3 Å². The summed E-state index contributed by atoms with van der Waals surface area (Å²) in [5, 5.41) is 3.19. The van der Waals surface area contributed by atoms with Crippen molar-refractivity contribution in [2.24, 2.45) is 17.6 Å². The zero-order chi connectivity index (χ0) is 12.5. The van der Waals surface area contributed by atoms with Gasteiger partial charge in [0.05, 0.1) is 0 Å². The Morgan fingerprint density at radius 3 is 2.56 bits per heavy atom. The average molecular weight is 251 g/mol. The zero-order valence-electron chi connectivity index (χ0n) is 11.1. The molecule has 4 nitrogen and oxygen atoms in total. The zero-order valence-corrected chi connectivity index (χ0v) is 11.1. The molecule has 1 saturated heterocycles. The molecule has 1 aliphatic heterocycles. The molecule has 2 amide bonds. The first-order chi connectivity index (χ1) is 8.74. The standard InChI is InChI=1S/C14H25N3O/c15-13-7-3-4-10-8-17(9-12(10)13)14(18)16-11-5-1-2-6-11/h10-13H,1-9,15H2,(H,16,18). The number of nitrogens with one attached hydrogen (secondary N) is 1. The Balaban J connectivity index is 1.55. The Bertz CT molecular complexity index is 314. The number of hydrogen-bond acceptors (Lipinski definition) is 2. The smallest absolute Gasteiger partial charge is 0.317 e. The molecule has 3 unspecified atom stereocenters. The van der Waals surface area contributed by atoms with Crippen molar-refractivity contribution >= 4 is 6.03 Å². The van der Waals surface area contributed by atoms with Crippen LogP contribution in [0.1, 0.15) is 44.9 Å². The fourth-order valence-corrected chi connectivity index (χ4v) is 4.02. The molecule has 3 atom stereocenters. The summed E-state index contributed by atoms with van der Waals surface area (Å²) in [5.74, 6) is 1.20. The topological polar surface area (TPSA) is 58.4 Å². The van der Waals surface area contributed by atoms with Gasteiger partial charge in [-0.05, 0) is 37.5 Å². The Morgan fingerprint density at radius 1 is 1.06 bits per heavy atom. The van der Waals surface area contributed by atoms with Crippen molar-refractivity contribution in [3.8, 4) is 0 Å². The van der Waals surface area contributed by atoms with Crippen LogP contribution < -0.4 is 11.1 Å². The van der Waals surface area contributed by atoms with Gasteiger partial charge in [0.1, 0.15) is 0 Å². The molecule has 3 fully saturated rings. The number of urea groups is 1. The summed E-state index contributed by atoms with van der Waals surface area (Å²) in [6, 6.07) is 0.894. The van der Waals surface area contributed by atoms with Gasteiger partial charge >= 0.3 is 6.03 Å². The third-order valence-corrected chi connectivity index (χ3v) is 5.12. The molecule has 3 N–H and O–H groups in total. The fraction of sp³-hybridized carbons (Fsp3) is 0.929. The molecule has 0 spiro atoms. The van der Waals surface area contributed by atoms with Crippen LogP contribution in [0.25, 0.3) is 0 Å². The minimum absolute atomic E-state index is 0.156. The van der Waals surface area contributed by atoms with Crippen molar-refractivity contribution in [1.82, 2.24) is 10.2 Å². The quantitative estimate of drug-likeness (QED) is 0.745. The van der Waals surface area contributed by atoms with E-state index in [1.165, 1.54) is 25.7 Å². The average Bonchev–Trinajstić information content (AvgIpc) is 2.97. The Morgan fingerprint density at radius 2 is 1.83 bits per heavy atom. The molecule has 2 aliphatic carbocycles. The van der Waals surface area contributed by atoms with Crippen LogP contribution in [0.2, 0.25) is 0 Å². The number of carbonyl (C=O) groups excluding carboxylic acids is 1. The summed E-state index contributed by atoms with van der Waals surface area (Å²) in [6.07, 6.45) is 8.48. The molecule has 3 aliphatic rings. The highest BCUT2D eigenvalue weighted by Gasteiger charge is 2.40. The molecule has 0 bridgehead atoms. The molecule has 0 aromatic heterocycles. The van der Waals surface area contributed by atoms with Crippen LogP contribution in [0.4, 0.5) is 4.79 Å². The number of likely N-dealkylation sites (tertiary alicyclic amines) is 1. The first-order valence-corrected chi connectivity index (χ1v) is 7.55. The van der Waals surface area contributed by atoms with Crippen LogP contribution in [0.3, 0.4) is 0 Å². The Hall–Kier alpha value is -0.770. The summed E-state index contributed by atoms with van der Waals surface area (Å²) < 4.78 is 0. The summed E-state index contributed by atoms with van der Waals surface area (Å²) in [7, 11) is 0. The third-order valence-electron chi connectivity index (χ3n) is 5.12. The van der Waals surface area contributed by atoms with E-state index in [-0.39, 0.29) is 6.03 Å². The molecule has 102 valence electrons. The largest absolute Gasteiger partial charge is 0.335 e. The SMILES string of the molecule is NC1CCCC2CN(C(=O)NC3CCCC3)CC12. The minimum atomic E-state index is 0.156. The van der Waals surface area contributed by atoms with Crippen molar-refractivity contribution in [3.05, 3.63) is 0 Å². The van der Waals surface area contributed by atoms with E-state index in [1.54, 1.807) is 0 Å². The van der Waals surface area contributed by atoms with Crippen LogP contribution in [-0.2, 0) is 0 Å². The summed E-state index contributed by atoms with van der Waals surface area (Å²) >= 11 is 0. The highest BCUT2D eigenvalue weighted by Crippen LogP contribution is 2.35. The van der Waals surface area contributed by atoms with Gasteiger partial charge in [0.15, 0.2) is 0 Å². The van der Waals surface area contributed by atoms with Crippen molar-refractivity contribution in [2.45, 2.75) is 57.0 Å². The van der Waals surface area contributed by atoms with Crippen LogP contribution in [-0.4, -0.2) is 36.1 Å². The molecular formula is C14H25N3O. The maximum absolute atomic E-state index is 12.2. The second kappa shape index (κ2) is 5.08. The van der Waals surface area contributed by atoms with Crippen molar-refractivity contribution in [2.75, 3.05) is 13.1 Å². The van der Waals surface area contributed by atoms with Crippen LogP contribution >= 0.6 is 0 Å². The van der Waals surface area contributed by atoms with Crippen LogP contribution in [0, 0.1) is 11.8 Å². The molecule has 3 rings (SSSR count). The lowest BCUT2D eigenvalue weighted by molar-refractivity contribution is 0.202. The molecule has 4 heteroatoms. The van der Waals surface area contributed by atoms with Crippen LogP contribution in [0.5, 0.6) is 0 Å². The molecule has 2 saturated carbocycles. The number of fused-ring (bicyclic) bond motifs is 1. The molecule has 0 radical (unpaired) electrons. The number of rotatable bonds is 1. The highest BCUT2D eigenvalue weighted by atomic mass is 16.2. The number of nitrogens with zero attached hydrogens (tertiary/aromatic N) is 1. The van der Waals surface area contributed by atoms with E-state index < -0.39 is 0 Å². The monoisotopic (exact) mass is 251 g/mol. The Kier molecular flexibility index (Phi) is 3.46. The first-order valence-electron chi connectivity index (χ1n) is 7.55.